The molecule has 22 heavy (non-hydrogen) atoms. The van der Waals surface area contributed by atoms with E-state index in [0.29, 0.717) is 17.8 Å². The Morgan fingerprint density at radius 3 is 2.36 bits per heavy atom. The molecule has 1 N–H and O–H groups in total. The molecule has 2 aromatic rings. The largest absolute Gasteiger partial charge is 0.465 e. The first-order chi connectivity index (χ1) is 10.6. The molecule has 2 rings (SSSR count). The molecule has 0 fully saturated rings. The average molecular weight is 298 g/mol. The third-order valence-electron chi connectivity index (χ3n) is 3.18. The molecule has 114 valence electrons. The van der Waals surface area contributed by atoms with Crippen LogP contribution in [-0.4, -0.2) is 31.1 Å². The molecule has 0 unspecified atom stereocenters. The highest BCUT2D eigenvalue weighted by atomic mass is 16.5. The van der Waals surface area contributed by atoms with E-state index in [-0.39, 0.29) is 6.03 Å². The van der Waals surface area contributed by atoms with E-state index in [0.717, 1.165) is 5.56 Å². The summed E-state index contributed by atoms with van der Waals surface area (Å²) >= 11 is 0. The second-order valence-corrected chi connectivity index (χ2v) is 4.81. The minimum atomic E-state index is -0.485. The van der Waals surface area contributed by atoms with E-state index in [2.05, 4.69) is 5.32 Å². The van der Waals surface area contributed by atoms with Crippen LogP contribution in [0.1, 0.15) is 15.9 Å². The Balaban J connectivity index is 2.07. The maximum atomic E-state index is 12.2. The third kappa shape index (κ3) is 3.85. The molecule has 0 aliphatic heterocycles. The van der Waals surface area contributed by atoms with Gasteiger partial charge in [0.05, 0.1) is 18.4 Å². The number of rotatable bonds is 4. The number of benzene rings is 2. The Morgan fingerprint density at radius 2 is 1.68 bits per heavy atom. The van der Waals surface area contributed by atoms with Crippen molar-refractivity contribution in [3.63, 3.8) is 0 Å². The van der Waals surface area contributed by atoms with Crippen molar-refractivity contribution in [2.24, 2.45) is 0 Å². The number of methoxy groups -OCH3 is 1. The quantitative estimate of drug-likeness (QED) is 0.882. The lowest BCUT2D eigenvalue weighted by Crippen LogP contribution is -2.31. The Kier molecular flexibility index (Phi) is 5.14. The van der Waals surface area contributed by atoms with Gasteiger partial charge in [-0.2, -0.15) is 0 Å². The van der Waals surface area contributed by atoms with Gasteiger partial charge in [0.1, 0.15) is 0 Å². The van der Waals surface area contributed by atoms with Gasteiger partial charge in [0, 0.05) is 13.6 Å². The molecule has 5 heteroatoms. The van der Waals surface area contributed by atoms with Crippen LogP contribution in [0.5, 0.6) is 0 Å². The number of urea groups is 1. The van der Waals surface area contributed by atoms with Gasteiger partial charge in [0.2, 0.25) is 0 Å². The normalized spacial score (nSPS) is 9.91. The second-order valence-electron chi connectivity index (χ2n) is 4.81. The minimum absolute atomic E-state index is 0.291. The van der Waals surface area contributed by atoms with Crippen molar-refractivity contribution in [1.82, 2.24) is 4.90 Å². The molecule has 0 aliphatic rings. The van der Waals surface area contributed by atoms with Crippen molar-refractivity contribution < 1.29 is 14.3 Å². The van der Waals surface area contributed by atoms with Crippen LogP contribution in [0.3, 0.4) is 0 Å². The molecule has 0 saturated heterocycles. The van der Waals surface area contributed by atoms with E-state index >= 15 is 0 Å². The van der Waals surface area contributed by atoms with Gasteiger partial charge in [0.15, 0.2) is 0 Å². The molecule has 0 aliphatic carbocycles. The Bertz CT molecular complexity index is 656. The lowest BCUT2D eigenvalue weighted by Gasteiger charge is -2.19. The van der Waals surface area contributed by atoms with Crippen molar-refractivity contribution in [1.29, 1.82) is 0 Å². The molecule has 2 aromatic carbocycles. The predicted molar refractivity (Wildman–Crippen MR) is 84.7 cm³/mol. The number of carbonyl (C=O) groups excluding carboxylic acids is 2. The number of para-hydroxylation sites is 1. The fraction of sp³-hybridized carbons (Fsp3) is 0.176. The molecule has 0 heterocycles. The van der Waals surface area contributed by atoms with Gasteiger partial charge >= 0.3 is 12.0 Å². The van der Waals surface area contributed by atoms with Gasteiger partial charge in [-0.25, -0.2) is 9.59 Å². The average Bonchev–Trinajstić information content (AvgIpc) is 2.55. The van der Waals surface area contributed by atoms with Crippen molar-refractivity contribution in [3.8, 4) is 0 Å². The number of hydrogen-bond donors (Lipinski definition) is 1. The molecular formula is C17H18N2O3. The summed E-state index contributed by atoms with van der Waals surface area (Å²) in [6.45, 7) is 0.479. The van der Waals surface area contributed by atoms with Crippen molar-refractivity contribution in [3.05, 3.63) is 65.7 Å². The number of hydrogen-bond acceptors (Lipinski definition) is 3. The van der Waals surface area contributed by atoms with Gasteiger partial charge in [0.25, 0.3) is 0 Å². The summed E-state index contributed by atoms with van der Waals surface area (Å²) in [6.07, 6.45) is 0. The summed E-state index contributed by atoms with van der Waals surface area (Å²) in [4.78, 5) is 25.5. The summed E-state index contributed by atoms with van der Waals surface area (Å²) in [5, 5.41) is 2.73. The van der Waals surface area contributed by atoms with E-state index < -0.39 is 5.97 Å². The highest BCUT2D eigenvalue weighted by molar-refractivity contribution is 6.00. The first-order valence-corrected chi connectivity index (χ1v) is 6.85. The maximum Gasteiger partial charge on any atom is 0.339 e. The molecule has 0 radical (unpaired) electrons. The number of nitrogens with zero attached hydrogens (tertiary/aromatic N) is 1. The van der Waals surface area contributed by atoms with Crippen molar-refractivity contribution in [2.45, 2.75) is 6.54 Å². The van der Waals surface area contributed by atoms with Crippen LogP contribution in [-0.2, 0) is 11.3 Å². The number of amides is 2. The van der Waals surface area contributed by atoms with Crippen LogP contribution in [0.2, 0.25) is 0 Å². The minimum Gasteiger partial charge on any atom is -0.465 e. The lowest BCUT2D eigenvalue weighted by molar-refractivity contribution is 0.0602. The summed E-state index contributed by atoms with van der Waals surface area (Å²) in [6, 6.07) is 16.1. The van der Waals surface area contributed by atoms with Gasteiger partial charge in [-0.15, -0.1) is 0 Å². The van der Waals surface area contributed by atoms with Crippen LogP contribution in [0.4, 0.5) is 10.5 Å². The molecule has 0 atom stereocenters. The van der Waals surface area contributed by atoms with Gasteiger partial charge in [-0.05, 0) is 17.7 Å². The van der Waals surface area contributed by atoms with E-state index in [9.17, 15) is 9.59 Å². The molecular weight excluding hydrogens is 280 g/mol. The SMILES string of the molecule is COC(=O)c1ccccc1NC(=O)N(C)Cc1ccccc1. The highest BCUT2D eigenvalue weighted by Gasteiger charge is 2.15. The van der Waals surface area contributed by atoms with Crippen LogP contribution >= 0.6 is 0 Å². The standard InChI is InChI=1S/C17H18N2O3/c1-19(12-13-8-4-3-5-9-13)17(21)18-15-11-7-6-10-14(15)16(20)22-2/h3-11H,12H2,1-2H3,(H,18,21). The summed E-state index contributed by atoms with van der Waals surface area (Å²) in [5.74, 6) is -0.485. The molecule has 2 amide bonds. The molecule has 0 spiro atoms. The Labute approximate surface area is 129 Å². The van der Waals surface area contributed by atoms with Gasteiger partial charge < -0.3 is 15.0 Å². The topological polar surface area (TPSA) is 58.6 Å². The van der Waals surface area contributed by atoms with E-state index in [4.69, 9.17) is 4.74 Å². The van der Waals surface area contributed by atoms with E-state index in [1.807, 2.05) is 30.3 Å². The van der Waals surface area contributed by atoms with Gasteiger partial charge in [-0.3, -0.25) is 0 Å². The number of ether oxygens (including phenoxy) is 1. The summed E-state index contributed by atoms with van der Waals surface area (Å²) in [5.41, 5.74) is 1.78. The first kappa shape index (κ1) is 15.6. The molecule has 0 saturated carbocycles. The van der Waals surface area contributed by atoms with Crippen LogP contribution in [0.15, 0.2) is 54.6 Å². The number of carbonyl (C=O) groups is 2. The molecule has 0 bridgehead atoms. The Hall–Kier alpha value is -2.82. The van der Waals surface area contributed by atoms with Crippen LogP contribution in [0, 0.1) is 0 Å². The van der Waals surface area contributed by atoms with E-state index in [1.54, 1.807) is 36.2 Å². The van der Waals surface area contributed by atoms with E-state index in [1.165, 1.54) is 7.11 Å². The fourth-order valence-electron chi connectivity index (χ4n) is 2.02. The Morgan fingerprint density at radius 1 is 1.05 bits per heavy atom. The first-order valence-electron chi connectivity index (χ1n) is 6.85. The smallest absolute Gasteiger partial charge is 0.339 e. The summed E-state index contributed by atoms with van der Waals surface area (Å²) in [7, 11) is 3.01. The van der Waals surface area contributed by atoms with Crippen molar-refractivity contribution >= 4 is 17.7 Å². The second kappa shape index (κ2) is 7.26. The zero-order valence-corrected chi connectivity index (χ0v) is 12.6. The van der Waals surface area contributed by atoms with Crippen molar-refractivity contribution in [2.75, 3.05) is 19.5 Å². The molecule has 0 aromatic heterocycles. The zero-order valence-electron chi connectivity index (χ0n) is 12.6. The number of esters is 1. The number of nitrogens with one attached hydrogen (secondary N) is 1. The lowest BCUT2D eigenvalue weighted by atomic mass is 10.2. The third-order valence-corrected chi connectivity index (χ3v) is 3.18. The van der Waals surface area contributed by atoms with Gasteiger partial charge in [-0.1, -0.05) is 42.5 Å². The molecule has 5 nitrogen and oxygen atoms in total. The zero-order chi connectivity index (χ0) is 15.9. The predicted octanol–water partition coefficient (Wildman–Crippen LogP) is 3.14. The highest BCUT2D eigenvalue weighted by Crippen LogP contribution is 2.16. The van der Waals surface area contributed by atoms with Crippen LogP contribution < -0.4 is 5.32 Å². The summed E-state index contributed by atoms with van der Waals surface area (Å²) < 4.78 is 4.71. The monoisotopic (exact) mass is 298 g/mol. The number of anilines is 1. The fourth-order valence-corrected chi connectivity index (χ4v) is 2.02. The maximum absolute atomic E-state index is 12.2. The van der Waals surface area contributed by atoms with Crippen LogP contribution in [0.25, 0.3) is 0 Å².